The van der Waals surface area contributed by atoms with Crippen molar-refractivity contribution in [3.05, 3.63) is 35.4 Å². The van der Waals surface area contributed by atoms with Gasteiger partial charge >= 0.3 is 0 Å². The minimum atomic E-state index is 0.121. The van der Waals surface area contributed by atoms with Crippen molar-refractivity contribution in [2.75, 3.05) is 31.8 Å². The molecule has 0 spiro atoms. The van der Waals surface area contributed by atoms with E-state index >= 15 is 0 Å². The van der Waals surface area contributed by atoms with Gasteiger partial charge in [0.25, 0.3) is 5.91 Å². The number of ether oxygens (including phenoxy) is 1. The monoisotopic (exact) mass is 357 g/mol. The molecule has 1 atom stereocenters. The van der Waals surface area contributed by atoms with Crippen LogP contribution in [0.3, 0.4) is 0 Å². The number of carbonyl (C=O) groups is 1. The highest BCUT2D eigenvalue weighted by Gasteiger charge is 2.27. The molecule has 1 aromatic carbocycles. The van der Waals surface area contributed by atoms with Crippen molar-refractivity contribution >= 4 is 33.6 Å². The van der Waals surface area contributed by atoms with E-state index in [0.717, 1.165) is 28.8 Å². The van der Waals surface area contributed by atoms with Crippen LogP contribution in [-0.4, -0.2) is 48.6 Å². The molecule has 1 amide bonds. The van der Waals surface area contributed by atoms with Gasteiger partial charge in [0.1, 0.15) is 0 Å². The summed E-state index contributed by atoms with van der Waals surface area (Å²) < 4.78 is 5.15. The number of benzene rings is 1. The maximum absolute atomic E-state index is 12.7. The molecule has 0 N–H and O–H groups in total. The zero-order chi connectivity index (χ0) is 14.4. The maximum atomic E-state index is 12.7. The number of amides is 1. The third-order valence-electron chi connectivity index (χ3n) is 3.50. The summed E-state index contributed by atoms with van der Waals surface area (Å²) in [6, 6.07) is 8.18. The fourth-order valence-electron chi connectivity index (χ4n) is 2.31. The summed E-state index contributed by atoms with van der Waals surface area (Å²) in [5.41, 5.74) is 1.95. The van der Waals surface area contributed by atoms with Gasteiger partial charge in [-0.05, 0) is 29.9 Å². The summed E-state index contributed by atoms with van der Waals surface area (Å²) in [5.74, 6) is 2.30. The van der Waals surface area contributed by atoms with Gasteiger partial charge in [-0.1, -0.05) is 28.1 Å². The van der Waals surface area contributed by atoms with Crippen molar-refractivity contribution in [3.63, 3.8) is 0 Å². The van der Waals surface area contributed by atoms with E-state index in [2.05, 4.69) is 15.9 Å². The SMILES string of the molecule is COCCN(C(=O)c1ccc(CBr)cc1)C1CCSC1. The van der Waals surface area contributed by atoms with Gasteiger partial charge in [0.15, 0.2) is 0 Å². The van der Waals surface area contributed by atoms with E-state index < -0.39 is 0 Å². The predicted molar refractivity (Wildman–Crippen MR) is 87.7 cm³/mol. The Kier molecular flexibility index (Phi) is 6.39. The number of hydrogen-bond donors (Lipinski definition) is 0. The number of nitrogens with zero attached hydrogens (tertiary/aromatic N) is 1. The molecule has 0 saturated carbocycles. The Labute approximate surface area is 133 Å². The lowest BCUT2D eigenvalue weighted by Gasteiger charge is -2.28. The summed E-state index contributed by atoms with van der Waals surface area (Å²) in [6.07, 6.45) is 1.08. The molecule has 0 bridgehead atoms. The molecule has 3 nitrogen and oxygen atoms in total. The standard InChI is InChI=1S/C15H20BrNO2S/c1-19-8-7-17(14-6-9-20-11-14)15(18)13-4-2-12(10-16)3-5-13/h2-5,14H,6-11H2,1H3. The summed E-state index contributed by atoms with van der Waals surface area (Å²) >= 11 is 5.34. The van der Waals surface area contributed by atoms with Crippen LogP contribution in [0.15, 0.2) is 24.3 Å². The second-order valence-electron chi connectivity index (χ2n) is 4.84. The third-order valence-corrected chi connectivity index (χ3v) is 5.29. The lowest BCUT2D eigenvalue weighted by atomic mass is 10.1. The Morgan fingerprint density at radius 2 is 2.20 bits per heavy atom. The summed E-state index contributed by atoms with van der Waals surface area (Å²) in [7, 11) is 1.68. The second kappa shape index (κ2) is 8.05. The van der Waals surface area contributed by atoms with Gasteiger partial charge in [-0.25, -0.2) is 0 Å². The smallest absolute Gasteiger partial charge is 0.254 e. The van der Waals surface area contributed by atoms with Crippen LogP contribution >= 0.6 is 27.7 Å². The fraction of sp³-hybridized carbons (Fsp3) is 0.533. The van der Waals surface area contributed by atoms with E-state index in [1.165, 1.54) is 5.56 Å². The van der Waals surface area contributed by atoms with E-state index in [-0.39, 0.29) is 5.91 Å². The second-order valence-corrected chi connectivity index (χ2v) is 6.55. The molecule has 0 aliphatic carbocycles. The van der Waals surface area contributed by atoms with E-state index in [1.807, 2.05) is 40.9 Å². The molecule has 5 heteroatoms. The Bertz CT molecular complexity index is 432. The highest BCUT2D eigenvalue weighted by Crippen LogP contribution is 2.24. The first kappa shape index (κ1) is 15.9. The minimum Gasteiger partial charge on any atom is -0.383 e. The molecule has 0 radical (unpaired) electrons. The number of rotatable bonds is 6. The maximum Gasteiger partial charge on any atom is 0.254 e. The van der Waals surface area contributed by atoms with Gasteiger partial charge in [-0.3, -0.25) is 4.79 Å². The molecule has 20 heavy (non-hydrogen) atoms. The van der Waals surface area contributed by atoms with E-state index in [9.17, 15) is 4.79 Å². The van der Waals surface area contributed by atoms with Gasteiger partial charge in [0.05, 0.1) is 6.61 Å². The van der Waals surface area contributed by atoms with Gasteiger partial charge in [0.2, 0.25) is 0 Å². The zero-order valence-corrected chi connectivity index (χ0v) is 14.1. The van der Waals surface area contributed by atoms with Crippen LogP contribution in [0.4, 0.5) is 0 Å². The van der Waals surface area contributed by atoms with Crippen LogP contribution in [-0.2, 0) is 10.1 Å². The first-order valence-electron chi connectivity index (χ1n) is 6.79. The molecule has 0 aromatic heterocycles. The summed E-state index contributed by atoms with van der Waals surface area (Å²) in [5, 5.41) is 0.814. The van der Waals surface area contributed by atoms with Crippen molar-refractivity contribution in [1.29, 1.82) is 0 Å². The zero-order valence-electron chi connectivity index (χ0n) is 11.7. The predicted octanol–water partition coefficient (Wildman–Crippen LogP) is 3.18. The molecule has 1 fully saturated rings. The molecule has 1 aliphatic heterocycles. The molecule has 110 valence electrons. The first-order valence-corrected chi connectivity index (χ1v) is 9.06. The molecular weight excluding hydrogens is 338 g/mol. The molecular formula is C15H20BrNO2S. The first-order chi connectivity index (χ1) is 9.76. The van der Waals surface area contributed by atoms with Gasteiger partial charge in [0, 0.05) is 36.3 Å². The van der Waals surface area contributed by atoms with Crippen molar-refractivity contribution < 1.29 is 9.53 Å². The van der Waals surface area contributed by atoms with Crippen LogP contribution < -0.4 is 0 Å². The quantitative estimate of drug-likeness (QED) is 0.732. The molecule has 1 aliphatic rings. The van der Waals surface area contributed by atoms with Crippen LogP contribution in [0.25, 0.3) is 0 Å². The Morgan fingerprint density at radius 1 is 1.45 bits per heavy atom. The molecule has 2 rings (SSSR count). The van der Waals surface area contributed by atoms with Crippen LogP contribution in [0, 0.1) is 0 Å². The third kappa shape index (κ3) is 3.99. The van der Waals surface area contributed by atoms with E-state index in [4.69, 9.17) is 4.74 Å². The number of carbonyl (C=O) groups excluding carboxylic acids is 1. The normalized spacial score (nSPS) is 18.2. The Hall–Kier alpha value is -0.520. The summed E-state index contributed by atoms with van der Waals surface area (Å²) in [4.78, 5) is 14.7. The van der Waals surface area contributed by atoms with Crippen LogP contribution in [0.5, 0.6) is 0 Å². The van der Waals surface area contributed by atoms with Crippen molar-refractivity contribution in [1.82, 2.24) is 4.90 Å². The van der Waals surface area contributed by atoms with Gasteiger partial charge < -0.3 is 9.64 Å². The Morgan fingerprint density at radius 3 is 2.75 bits per heavy atom. The van der Waals surface area contributed by atoms with Crippen LogP contribution in [0.2, 0.25) is 0 Å². The highest BCUT2D eigenvalue weighted by atomic mass is 79.9. The minimum absolute atomic E-state index is 0.121. The lowest BCUT2D eigenvalue weighted by Crippen LogP contribution is -2.42. The number of hydrogen-bond acceptors (Lipinski definition) is 3. The van der Waals surface area contributed by atoms with E-state index in [0.29, 0.717) is 19.2 Å². The van der Waals surface area contributed by atoms with Crippen molar-refractivity contribution in [2.45, 2.75) is 17.8 Å². The highest BCUT2D eigenvalue weighted by molar-refractivity contribution is 9.08. The molecule has 1 aromatic rings. The number of alkyl halides is 1. The largest absolute Gasteiger partial charge is 0.383 e. The van der Waals surface area contributed by atoms with Crippen molar-refractivity contribution in [3.8, 4) is 0 Å². The van der Waals surface area contributed by atoms with Crippen molar-refractivity contribution in [2.24, 2.45) is 0 Å². The van der Waals surface area contributed by atoms with Crippen LogP contribution in [0.1, 0.15) is 22.3 Å². The number of methoxy groups -OCH3 is 1. The van der Waals surface area contributed by atoms with E-state index in [1.54, 1.807) is 7.11 Å². The Balaban J connectivity index is 2.11. The van der Waals surface area contributed by atoms with Gasteiger partial charge in [-0.2, -0.15) is 11.8 Å². The number of halogens is 1. The average Bonchev–Trinajstić information content (AvgIpc) is 3.01. The molecule has 1 unspecified atom stereocenters. The topological polar surface area (TPSA) is 29.5 Å². The summed E-state index contributed by atoms with van der Waals surface area (Å²) in [6.45, 7) is 1.26. The fourth-order valence-corrected chi connectivity index (χ4v) is 3.91. The van der Waals surface area contributed by atoms with Gasteiger partial charge in [-0.15, -0.1) is 0 Å². The average molecular weight is 358 g/mol. The molecule has 1 saturated heterocycles. The lowest BCUT2D eigenvalue weighted by molar-refractivity contribution is 0.0624. The number of thioether (sulfide) groups is 1. The molecule has 1 heterocycles.